The highest BCUT2D eigenvalue weighted by Gasteiger charge is 2.26. The fourth-order valence-corrected chi connectivity index (χ4v) is 4.85. The Morgan fingerprint density at radius 2 is 0.736 bits per heavy atom. The summed E-state index contributed by atoms with van der Waals surface area (Å²) in [4.78, 5) is 0. The Hall–Kier alpha value is -3.76. The van der Waals surface area contributed by atoms with Crippen LogP contribution < -0.4 is 0 Å². The molecule has 2 atom stereocenters. The van der Waals surface area contributed by atoms with Crippen LogP contribution in [-0.4, -0.2) is 32.1 Å². The monoisotopic (exact) mass is 723 g/mol. The fourth-order valence-electron chi connectivity index (χ4n) is 4.85. The van der Waals surface area contributed by atoms with Gasteiger partial charge in [-0.1, -0.05) is 167 Å². The van der Waals surface area contributed by atoms with E-state index in [1.807, 2.05) is 46.8 Å². The normalized spacial score (nSPS) is 17.0. The Labute approximate surface area is 325 Å². The predicted octanol–water partition coefficient (Wildman–Crippen LogP) is 13.2. The summed E-state index contributed by atoms with van der Waals surface area (Å²) in [6.45, 7) is 27.6. The smallest absolute Gasteiger partial charge is 0.0657 e. The minimum atomic E-state index is -0.845. The lowest BCUT2D eigenvalue weighted by molar-refractivity contribution is 0.0140. The van der Waals surface area contributed by atoms with E-state index < -0.39 is 16.8 Å². The minimum absolute atomic E-state index is 0.0348. The Morgan fingerprint density at radius 1 is 0.434 bits per heavy atom. The molecule has 0 aliphatic carbocycles. The number of hydrogen-bond acceptors (Lipinski definition) is 3. The van der Waals surface area contributed by atoms with Crippen LogP contribution in [0.4, 0.5) is 0 Å². The van der Waals surface area contributed by atoms with Gasteiger partial charge in [0.2, 0.25) is 0 Å². The molecule has 0 radical (unpaired) electrons. The van der Waals surface area contributed by atoms with Gasteiger partial charge in [0.1, 0.15) is 0 Å². The van der Waals surface area contributed by atoms with E-state index in [4.69, 9.17) is 0 Å². The van der Waals surface area contributed by atoms with Gasteiger partial charge >= 0.3 is 0 Å². The molecule has 3 nitrogen and oxygen atoms in total. The van der Waals surface area contributed by atoms with Crippen molar-refractivity contribution in [2.45, 2.75) is 133 Å². The lowest BCUT2D eigenvalue weighted by atomic mass is 9.84. The molecule has 0 aromatic heterocycles. The van der Waals surface area contributed by atoms with Gasteiger partial charge in [-0.15, -0.1) is 0 Å². The lowest BCUT2D eigenvalue weighted by Crippen LogP contribution is -2.31. The highest BCUT2D eigenvalue weighted by atomic mass is 16.3. The first-order chi connectivity index (χ1) is 24.5. The molecule has 3 N–H and O–H groups in total. The Balaban J connectivity index is 5.08. The van der Waals surface area contributed by atoms with E-state index >= 15 is 0 Å². The molecule has 0 aliphatic rings. The molecular weight excluding hydrogens is 649 g/mol. The van der Waals surface area contributed by atoms with Crippen molar-refractivity contribution >= 4 is 0 Å². The SMILES string of the molecule is CC(C)=CCC(/C=C/C(C)=C/C=C/C(C)=C/C=C/C(C)=C/C=C/C=C(C)/C=C/C=C(C)/C=C/C=C(C)/C=C/C(CCC(C)(C)O)C(C)(C)O)C(C)(C)O. The Kier molecular flexibility index (Phi) is 23.5. The van der Waals surface area contributed by atoms with Crippen LogP contribution >= 0.6 is 0 Å². The van der Waals surface area contributed by atoms with Gasteiger partial charge in [-0.2, -0.15) is 0 Å². The molecule has 0 rings (SSSR count). The molecule has 0 aromatic rings. The van der Waals surface area contributed by atoms with Gasteiger partial charge < -0.3 is 15.3 Å². The third kappa shape index (κ3) is 28.4. The standard InChI is InChI=1S/C50H74O3/c1-39(2)31-34-46(49(11,12)52)35-32-44(7)29-19-27-42(5)25-17-23-40(3)21-15-16-22-41(4)24-18-26-43(6)28-20-30-45(8)33-36-47(50(13,14)53)37-38-48(9,10)51/h15-33,35-36,46-47,51-53H,34,37-38H2,1-14H3/b16-15+,23-17+,24-18+,27-19+,28-20+,35-32+,36-33+,40-21+,41-22+,42-25+,43-26+,44-29+,45-30+. The molecular formula is C50H74O3. The van der Waals surface area contributed by atoms with E-state index in [1.54, 1.807) is 13.8 Å². The summed E-state index contributed by atoms with van der Waals surface area (Å²) in [6, 6.07) is 0. The van der Waals surface area contributed by atoms with E-state index in [1.165, 1.54) is 11.1 Å². The summed E-state index contributed by atoms with van der Waals surface area (Å²) in [5.74, 6) is 0.0319. The molecule has 0 amide bonds. The summed E-state index contributed by atoms with van der Waals surface area (Å²) in [5.41, 5.74) is 5.79. The molecule has 0 bridgehead atoms. The largest absolute Gasteiger partial charge is 0.390 e. The molecule has 0 aliphatic heterocycles. The van der Waals surface area contributed by atoms with Crippen LogP contribution in [0.1, 0.15) is 116 Å². The summed E-state index contributed by atoms with van der Waals surface area (Å²) in [5, 5.41) is 31.2. The van der Waals surface area contributed by atoms with E-state index in [0.717, 1.165) is 40.7 Å². The number of hydrogen-bond donors (Lipinski definition) is 3. The van der Waals surface area contributed by atoms with Crippen LogP contribution in [0.25, 0.3) is 0 Å². The van der Waals surface area contributed by atoms with Crippen molar-refractivity contribution in [1.82, 2.24) is 0 Å². The highest BCUT2D eigenvalue weighted by Crippen LogP contribution is 2.27. The molecule has 3 heteroatoms. The van der Waals surface area contributed by atoms with Crippen LogP contribution in [0.3, 0.4) is 0 Å². The molecule has 0 spiro atoms. The molecule has 0 saturated carbocycles. The Bertz CT molecular complexity index is 1540. The van der Waals surface area contributed by atoms with Crippen molar-refractivity contribution in [2.75, 3.05) is 0 Å². The van der Waals surface area contributed by atoms with E-state index in [9.17, 15) is 15.3 Å². The van der Waals surface area contributed by atoms with Gasteiger partial charge in [0.25, 0.3) is 0 Å². The van der Waals surface area contributed by atoms with Crippen molar-refractivity contribution in [3.05, 3.63) is 167 Å². The van der Waals surface area contributed by atoms with Gasteiger partial charge in [-0.3, -0.25) is 0 Å². The second-order valence-corrected chi connectivity index (χ2v) is 16.4. The van der Waals surface area contributed by atoms with Crippen molar-refractivity contribution in [3.63, 3.8) is 0 Å². The van der Waals surface area contributed by atoms with Gasteiger partial charge in [0.05, 0.1) is 16.8 Å². The number of aliphatic hydroxyl groups is 3. The minimum Gasteiger partial charge on any atom is -0.390 e. The van der Waals surface area contributed by atoms with Crippen LogP contribution in [0.2, 0.25) is 0 Å². The van der Waals surface area contributed by atoms with Gasteiger partial charge in [0.15, 0.2) is 0 Å². The van der Waals surface area contributed by atoms with Crippen LogP contribution in [0.5, 0.6) is 0 Å². The zero-order valence-corrected chi connectivity index (χ0v) is 35.7. The van der Waals surface area contributed by atoms with Gasteiger partial charge in [0, 0.05) is 11.8 Å². The average Bonchev–Trinajstić information content (AvgIpc) is 3.01. The molecule has 0 saturated heterocycles. The lowest BCUT2D eigenvalue weighted by Gasteiger charge is -2.29. The summed E-state index contributed by atoms with van der Waals surface area (Å²) < 4.78 is 0. The zero-order valence-electron chi connectivity index (χ0n) is 35.7. The van der Waals surface area contributed by atoms with E-state index in [-0.39, 0.29) is 11.8 Å². The summed E-state index contributed by atoms with van der Waals surface area (Å²) in [6.07, 6.45) is 45.9. The maximum Gasteiger partial charge on any atom is 0.0657 e. The van der Waals surface area contributed by atoms with Crippen LogP contribution in [0, 0.1) is 11.8 Å². The molecule has 0 heterocycles. The van der Waals surface area contributed by atoms with Crippen LogP contribution in [-0.2, 0) is 0 Å². The topological polar surface area (TPSA) is 60.7 Å². The first kappa shape index (κ1) is 49.2. The molecule has 0 aromatic carbocycles. The van der Waals surface area contributed by atoms with Crippen molar-refractivity contribution in [1.29, 1.82) is 0 Å². The first-order valence-corrected chi connectivity index (χ1v) is 19.1. The van der Waals surface area contributed by atoms with Gasteiger partial charge in [-0.05, 0) is 116 Å². The molecule has 0 fully saturated rings. The zero-order chi connectivity index (χ0) is 40.7. The molecule has 292 valence electrons. The van der Waals surface area contributed by atoms with Crippen LogP contribution in [0.15, 0.2) is 167 Å². The maximum absolute atomic E-state index is 10.6. The third-order valence-electron chi connectivity index (χ3n) is 8.55. The van der Waals surface area contributed by atoms with E-state index in [2.05, 4.69) is 164 Å². The quantitative estimate of drug-likeness (QED) is 0.0816. The van der Waals surface area contributed by atoms with E-state index in [0.29, 0.717) is 6.42 Å². The first-order valence-electron chi connectivity index (χ1n) is 19.1. The number of allylic oxidation sites excluding steroid dienone is 26. The predicted molar refractivity (Wildman–Crippen MR) is 236 cm³/mol. The molecule has 2 unspecified atom stereocenters. The van der Waals surface area contributed by atoms with Gasteiger partial charge in [-0.25, -0.2) is 0 Å². The van der Waals surface area contributed by atoms with Crippen molar-refractivity contribution < 1.29 is 15.3 Å². The Morgan fingerprint density at radius 3 is 1.04 bits per heavy atom. The summed E-state index contributed by atoms with van der Waals surface area (Å²) in [7, 11) is 0. The average molecular weight is 723 g/mol. The second-order valence-electron chi connectivity index (χ2n) is 16.4. The highest BCUT2D eigenvalue weighted by molar-refractivity contribution is 5.34. The van der Waals surface area contributed by atoms with Crippen molar-refractivity contribution in [2.24, 2.45) is 11.8 Å². The number of rotatable bonds is 21. The van der Waals surface area contributed by atoms with Crippen molar-refractivity contribution in [3.8, 4) is 0 Å². The second kappa shape index (κ2) is 25.3. The fraction of sp³-hybridized carbons (Fsp3) is 0.440. The summed E-state index contributed by atoms with van der Waals surface area (Å²) >= 11 is 0. The molecule has 53 heavy (non-hydrogen) atoms. The maximum atomic E-state index is 10.6. The third-order valence-corrected chi connectivity index (χ3v) is 8.55.